The quantitative estimate of drug-likeness (QED) is 0.725. The van der Waals surface area contributed by atoms with E-state index in [4.69, 9.17) is 9.47 Å². The van der Waals surface area contributed by atoms with E-state index in [1.54, 1.807) is 37.4 Å². The fourth-order valence-electron chi connectivity index (χ4n) is 2.23. The molecular formula is C20H25N3O4. The van der Waals surface area contributed by atoms with Crippen LogP contribution < -0.4 is 25.4 Å². The van der Waals surface area contributed by atoms with Crippen molar-refractivity contribution in [1.29, 1.82) is 0 Å². The first-order valence-electron chi connectivity index (χ1n) is 8.53. The summed E-state index contributed by atoms with van der Waals surface area (Å²) < 4.78 is 11.0. The van der Waals surface area contributed by atoms with Crippen molar-refractivity contribution >= 4 is 17.6 Å². The highest BCUT2D eigenvalue weighted by Gasteiger charge is 2.14. The number of urea groups is 1. The highest BCUT2D eigenvalue weighted by molar-refractivity contribution is 5.92. The second-order valence-corrected chi connectivity index (χ2v) is 6.88. The molecule has 0 unspecified atom stereocenters. The maximum absolute atomic E-state index is 11.9. The molecule has 7 nitrogen and oxygen atoms in total. The van der Waals surface area contributed by atoms with Crippen LogP contribution >= 0.6 is 0 Å². The van der Waals surface area contributed by atoms with E-state index in [1.165, 1.54) is 0 Å². The van der Waals surface area contributed by atoms with Crippen molar-refractivity contribution in [3.8, 4) is 17.2 Å². The van der Waals surface area contributed by atoms with Crippen LogP contribution in [0.1, 0.15) is 20.8 Å². The zero-order valence-electron chi connectivity index (χ0n) is 16.0. The predicted molar refractivity (Wildman–Crippen MR) is 104 cm³/mol. The number of para-hydroxylation sites is 2. The summed E-state index contributed by atoms with van der Waals surface area (Å²) in [7, 11) is 1.58. The summed E-state index contributed by atoms with van der Waals surface area (Å²) in [6.07, 6.45) is 0. The van der Waals surface area contributed by atoms with Gasteiger partial charge in [-0.15, -0.1) is 0 Å². The fourth-order valence-corrected chi connectivity index (χ4v) is 2.23. The SMILES string of the molecule is COc1ccccc1Oc1ccc(NC(=O)NCC(=O)NC(C)(C)C)cc1. The number of benzene rings is 2. The minimum absolute atomic E-state index is 0.0991. The molecule has 0 fully saturated rings. The van der Waals surface area contributed by atoms with E-state index in [-0.39, 0.29) is 18.0 Å². The lowest BCUT2D eigenvalue weighted by molar-refractivity contribution is -0.121. The number of rotatable bonds is 6. The van der Waals surface area contributed by atoms with Crippen molar-refractivity contribution in [2.75, 3.05) is 19.0 Å². The highest BCUT2D eigenvalue weighted by Crippen LogP contribution is 2.31. The molecule has 0 radical (unpaired) electrons. The zero-order chi connectivity index (χ0) is 19.9. The van der Waals surface area contributed by atoms with Crippen molar-refractivity contribution in [3.05, 3.63) is 48.5 Å². The molecule has 0 aliphatic heterocycles. The summed E-state index contributed by atoms with van der Waals surface area (Å²) >= 11 is 0. The van der Waals surface area contributed by atoms with E-state index >= 15 is 0 Å². The first-order valence-corrected chi connectivity index (χ1v) is 8.53. The number of ether oxygens (including phenoxy) is 2. The summed E-state index contributed by atoms with van der Waals surface area (Å²) in [5, 5.41) is 7.95. The van der Waals surface area contributed by atoms with Crippen LogP contribution in [-0.2, 0) is 4.79 Å². The third kappa shape index (κ3) is 6.89. The molecule has 3 N–H and O–H groups in total. The van der Waals surface area contributed by atoms with Crippen molar-refractivity contribution in [1.82, 2.24) is 10.6 Å². The molecule has 0 aliphatic rings. The normalized spacial score (nSPS) is 10.7. The zero-order valence-corrected chi connectivity index (χ0v) is 16.0. The molecule has 2 aromatic carbocycles. The van der Waals surface area contributed by atoms with E-state index in [1.807, 2.05) is 39.0 Å². The summed E-state index contributed by atoms with van der Waals surface area (Å²) in [6, 6.07) is 13.7. The molecule has 27 heavy (non-hydrogen) atoms. The van der Waals surface area contributed by atoms with Gasteiger partial charge in [-0.25, -0.2) is 4.79 Å². The Morgan fingerprint density at radius 1 is 0.963 bits per heavy atom. The summed E-state index contributed by atoms with van der Waals surface area (Å²) in [6.45, 7) is 5.52. The Morgan fingerprint density at radius 3 is 2.19 bits per heavy atom. The van der Waals surface area contributed by atoms with Crippen LogP contribution in [0.4, 0.5) is 10.5 Å². The van der Waals surface area contributed by atoms with Gasteiger partial charge in [0.1, 0.15) is 5.75 Å². The Hall–Kier alpha value is -3.22. The Labute approximate surface area is 159 Å². The van der Waals surface area contributed by atoms with E-state index < -0.39 is 6.03 Å². The van der Waals surface area contributed by atoms with Crippen LogP contribution in [-0.4, -0.2) is 31.1 Å². The van der Waals surface area contributed by atoms with Crippen LogP contribution in [0.2, 0.25) is 0 Å². The van der Waals surface area contributed by atoms with Crippen LogP contribution in [0, 0.1) is 0 Å². The van der Waals surface area contributed by atoms with Gasteiger partial charge in [-0.2, -0.15) is 0 Å². The average Bonchev–Trinajstić information content (AvgIpc) is 2.61. The van der Waals surface area contributed by atoms with Crippen molar-refractivity contribution < 1.29 is 19.1 Å². The average molecular weight is 371 g/mol. The molecule has 144 valence electrons. The highest BCUT2D eigenvalue weighted by atomic mass is 16.5. The number of hydrogen-bond acceptors (Lipinski definition) is 4. The molecule has 7 heteroatoms. The minimum Gasteiger partial charge on any atom is -0.493 e. The number of anilines is 1. The van der Waals surface area contributed by atoms with Crippen molar-refractivity contribution in [2.24, 2.45) is 0 Å². The van der Waals surface area contributed by atoms with Gasteiger partial charge in [-0.05, 0) is 57.2 Å². The fraction of sp³-hybridized carbons (Fsp3) is 0.300. The maximum Gasteiger partial charge on any atom is 0.319 e. The van der Waals surface area contributed by atoms with Crippen molar-refractivity contribution in [2.45, 2.75) is 26.3 Å². The molecule has 0 atom stereocenters. The number of nitrogens with one attached hydrogen (secondary N) is 3. The first kappa shape index (κ1) is 20.1. The Kier molecular flexibility index (Phi) is 6.65. The molecule has 0 heterocycles. The van der Waals surface area contributed by atoms with Gasteiger partial charge in [0.25, 0.3) is 0 Å². The third-order valence-electron chi connectivity index (χ3n) is 3.33. The second kappa shape index (κ2) is 8.93. The van der Waals surface area contributed by atoms with Gasteiger partial charge < -0.3 is 25.4 Å². The van der Waals surface area contributed by atoms with Gasteiger partial charge in [0.15, 0.2) is 11.5 Å². The molecule has 2 aromatic rings. The van der Waals surface area contributed by atoms with Gasteiger partial charge >= 0.3 is 6.03 Å². The van der Waals surface area contributed by atoms with Crippen LogP contribution in [0.25, 0.3) is 0 Å². The van der Waals surface area contributed by atoms with Crippen LogP contribution in [0.5, 0.6) is 17.2 Å². The third-order valence-corrected chi connectivity index (χ3v) is 3.33. The van der Waals surface area contributed by atoms with Crippen molar-refractivity contribution in [3.63, 3.8) is 0 Å². The first-order chi connectivity index (χ1) is 12.8. The number of methoxy groups -OCH3 is 1. The minimum atomic E-state index is -0.461. The number of amides is 3. The largest absolute Gasteiger partial charge is 0.493 e. The lowest BCUT2D eigenvalue weighted by Crippen LogP contribution is -2.46. The lowest BCUT2D eigenvalue weighted by atomic mass is 10.1. The Balaban J connectivity index is 1.86. The molecule has 2 rings (SSSR count). The van der Waals surface area contributed by atoms with Crippen LogP contribution in [0.3, 0.4) is 0 Å². The Morgan fingerprint density at radius 2 is 1.59 bits per heavy atom. The molecule has 0 bridgehead atoms. The standard InChI is InChI=1S/C20H25N3O4/c1-20(2,3)23-18(24)13-21-19(25)22-14-9-11-15(12-10-14)27-17-8-6-5-7-16(17)26-4/h5-12H,13H2,1-4H3,(H,23,24)(H2,21,22,25). The molecule has 0 spiro atoms. The molecule has 0 aliphatic carbocycles. The van der Waals surface area contributed by atoms with Gasteiger partial charge in [-0.3, -0.25) is 4.79 Å². The number of hydrogen-bond donors (Lipinski definition) is 3. The summed E-state index contributed by atoms with van der Waals surface area (Å²) in [5.74, 6) is 1.59. The molecule has 0 saturated heterocycles. The number of carbonyl (C=O) groups excluding carboxylic acids is 2. The monoisotopic (exact) mass is 371 g/mol. The topological polar surface area (TPSA) is 88.7 Å². The van der Waals surface area contributed by atoms with E-state index in [0.717, 1.165) is 0 Å². The van der Waals surface area contributed by atoms with E-state index in [0.29, 0.717) is 22.9 Å². The summed E-state index contributed by atoms with van der Waals surface area (Å²) in [4.78, 5) is 23.6. The smallest absolute Gasteiger partial charge is 0.319 e. The number of carbonyl (C=O) groups is 2. The lowest BCUT2D eigenvalue weighted by Gasteiger charge is -2.20. The van der Waals surface area contributed by atoms with E-state index in [2.05, 4.69) is 16.0 Å². The Bertz CT molecular complexity index is 783. The van der Waals surface area contributed by atoms with Gasteiger partial charge in [0.2, 0.25) is 5.91 Å². The van der Waals surface area contributed by atoms with Gasteiger partial charge in [0, 0.05) is 11.2 Å². The predicted octanol–water partition coefficient (Wildman–Crippen LogP) is 3.52. The van der Waals surface area contributed by atoms with Gasteiger partial charge in [-0.1, -0.05) is 12.1 Å². The molecule has 0 saturated carbocycles. The van der Waals surface area contributed by atoms with Crippen LogP contribution in [0.15, 0.2) is 48.5 Å². The molecular weight excluding hydrogens is 346 g/mol. The maximum atomic E-state index is 11.9. The second-order valence-electron chi connectivity index (χ2n) is 6.88. The molecule has 0 aromatic heterocycles. The molecule has 3 amide bonds. The van der Waals surface area contributed by atoms with E-state index in [9.17, 15) is 9.59 Å². The van der Waals surface area contributed by atoms with Gasteiger partial charge in [0.05, 0.1) is 13.7 Å². The summed E-state index contributed by atoms with van der Waals surface area (Å²) in [5.41, 5.74) is 0.239.